The number of ether oxygens (including phenoxy) is 1. The number of alkyl halides is 2. The Morgan fingerprint density at radius 1 is 1.21 bits per heavy atom. The molecule has 1 amide bonds. The quantitative estimate of drug-likeness (QED) is 0.833. The third-order valence-electron chi connectivity index (χ3n) is 2.39. The van der Waals surface area contributed by atoms with Gasteiger partial charge in [-0.05, 0) is 26.2 Å². The van der Waals surface area contributed by atoms with Gasteiger partial charge in [0, 0.05) is 13.0 Å². The summed E-state index contributed by atoms with van der Waals surface area (Å²) in [7, 11) is 0. The molecule has 114 valence electrons. The van der Waals surface area contributed by atoms with Crippen molar-refractivity contribution in [1.82, 2.24) is 5.32 Å². The third-order valence-corrected chi connectivity index (χ3v) is 2.39. The summed E-state index contributed by atoms with van der Waals surface area (Å²) in [6, 6.07) is -1.41. The predicted molar refractivity (Wildman–Crippen MR) is 69.3 cm³/mol. The van der Waals surface area contributed by atoms with Crippen LogP contribution in [0.4, 0.5) is 13.6 Å². The molecule has 0 rings (SSSR count). The lowest BCUT2D eigenvalue weighted by Gasteiger charge is -2.37. The zero-order valence-electron chi connectivity index (χ0n) is 12.5. The van der Waals surface area contributed by atoms with Gasteiger partial charge in [-0.15, -0.1) is 0 Å². The van der Waals surface area contributed by atoms with Gasteiger partial charge < -0.3 is 15.2 Å². The van der Waals surface area contributed by atoms with Crippen LogP contribution in [0.3, 0.4) is 0 Å². The summed E-state index contributed by atoms with van der Waals surface area (Å²) in [4.78, 5) is 11.6. The average molecular weight is 281 g/mol. The molecule has 1 unspecified atom stereocenters. The Morgan fingerprint density at radius 3 is 2.00 bits per heavy atom. The lowest BCUT2D eigenvalue weighted by atomic mass is 9.82. The van der Waals surface area contributed by atoms with Crippen molar-refractivity contribution in [3.05, 3.63) is 0 Å². The van der Waals surface area contributed by atoms with Crippen molar-refractivity contribution >= 4 is 6.09 Å². The van der Waals surface area contributed by atoms with Gasteiger partial charge in [0.25, 0.3) is 5.92 Å². The minimum atomic E-state index is -3.20. The number of aliphatic hydroxyl groups excluding tert-OH is 1. The summed E-state index contributed by atoms with van der Waals surface area (Å²) in [5.41, 5.74) is -1.62. The first-order chi connectivity index (χ1) is 8.29. The molecule has 0 aliphatic heterocycles. The van der Waals surface area contributed by atoms with E-state index in [0.29, 0.717) is 0 Å². The molecule has 1 atom stereocenters. The molecule has 0 saturated heterocycles. The molecule has 6 heteroatoms. The Balaban J connectivity index is 4.96. The molecule has 2 N–H and O–H groups in total. The van der Waals surface area contributed by atoms with Gasteiger partial charge >= 0.3 is 6.09 Å². The van der Waals surface area contributed by atoms with Gasteiger partial charge in [-0.1, -0.05) is 20.8 Å². The summed E-state index contributed by atoms with van der Waals surface area (Å²) in [6.45, 7) is 9.12. The molecular weight excluding hydrogens is 256 g/mol. The second-order valence-electron chi connectivity index (χ2n) is 6.68. The van der Waals surface area contributed by atoms with Gasteiger partial charge in [0.1, 0.15) is 11.6 Å². The Morgan fingerprint density at radius 2 is 1.68 bits per heavy atom. The number of aliphatic hydroxyl groups is 1. The zero-order chi connectivity index (χ0) is 15.5. The maximum absolute atomic E-state index is 13.9. The summed E-state index contributed by atoms with van der Waals surface area (Å²) < 4.78 is 32.9. The van der Waals surface area contributed by atoms with Crippen molar-refractivity contribution in [2.75, 3.05) is 6.61 Å². The molecule has 0 aromatic heterocycles. The number of hydrogen-bond acceptors (Lipinski definition) is 3. The topological polar surface area (TPSA) is 58.6 Å². The lowest BCUT2D eigenvalue weighted by Crippen LogP contribution is -2.56. The number of carbonyl (C=O) groups is 1. The highest BCUT2D eigenvalue weighted by molar-refractivity contribution is 5.68. The number of amides is 1. The van der Waals surface area contributed by atoms with Crippen LogP contribution in [0, 0.1) is 5.41 Å². The minimum absolute atomic E-state index is 0.643. The molecular formula is C13H25F2NO3. The average Bonchev–Trinajstić information content (AvgIpc) is 2.09. The maximum atomic E-state index is 13.9. The van der Waals surface area contributed by atoms with Gasteiger partial charge in [-0.2, -0.15) is 0 Å². The molecule has 0 bridgehead atoms. The predicted octanol–water partition coefficient (Wildman–Crippen LogP) is 2.94. The second kappa shape index (κ2) is 6.03. The first-order valence-corrected chi connectivity index (χ1v) is 6.28. The van der Waals surface area contributed by atoms with Gasteiger partial charge in [0.15, 0.2) is 0 Å². The minimum Gasteiger partial charge on any atom is -0.444 e. The Labute approximate surface area is 113 Å². The molecule has 0 aromatic carbocycles. The molecule has 0 aliphatic carbocycles. The van der Waals surface area contributed by atoms with Crippen LogP contribution in [0.15, 0.2) is 0 Å². The highest BCUT2D eigenvalue weighted by Gasteiger charge is 2.47. The van der Waals surface area contributed by atoms with Crippen LogP contribution in [0.2, 0.25) is 0 Å². The number of halogens is 2. The van der Waals surface area contributed by atoms with E-state index in [1.807, 2.05) is 0 Å². The fourth-order valence-corrected chi connectivity index (χ4v) is 1.67. The largest absolute Gasteiger partial charge is 0.444 e. The number of alkyl carbamates (subject to hydrolysis) is 1. The fraction of sp³-hybridized carbons (Fsp3) is 0.923. The molecule has 0 heterocycles. The Hall–Kier alpha value is -0.910. The number of carbonyl (C=O) groups excluding carboxylic acids is 1. The number of hydrogen-bond donors (Lipinski definition) is 2. The van der Waals surface area contributed by atoms with Crippen LogP contribution in [0.25, 0.3) is 0 Å². The van der Waals surface area contributed by atoms with Crippen molar-refractivity contribution in [3.63, 3.8) is 0 Å². The van der Waals surface area contributed by atoms with Crippen LogP contribution < -0.4 is 5.32 Å². The summed E-state index contributed by atoms with van der Waals surface area (Å²) >= 11 is 0. The molecule has 0 radical (unpaired) electrons. The van der Waals surface area contributed by atoms with E-state index in [1.165, 1.54) is 0 Å². The SMILES string of the molecule is CC(C)(C)OC(=O)NC(C(C)(C)C)C(F)(F)CCO. The Kier molecular flexibility index (Phi) is 5.74. The fourth-order valence-electron chi connectivity index (χ4n) is 1.67. The first-order valence-electron chi connectivity index (χ1n) is 6.28. The summed E-state index contributed by atoms with van der Waals surface area (Å²) in [5, 5.41) is 10.9. The van der Waals surface area contributed by atoms with Crippen LogP contribution >= 0.6 is 0 Å². The van der Waals surface area contributed by atoms with Crippen LogP contribution in [-0.2, 0) is 4.74 Å². The van der Waals surface area contributed by atoms with Crippen molar-refractivity contribution in [3.8, 4) is 0 Å². The van der Waals surface area contributed by atoms with Crippen LogP contribution in [0.1, 0.15) is 48.0 Å². The van der Waals surface area contributed by atoms with E-state index in [2.05, 4.69) is 5.32 Å². The van der Waals surface area contributed by atoms with Crippen molar-refractivity contribution < 1.29 is 23.4 Å². The van der Waals surface area contributed by atoms with Gasteiger partial charge in [0.05, 0.1) is 0 Å². The molecule has 0 aliphatic rings. The molecule has 0 spiro atoms. The first kappa shape index (κ1) is 18.1. The smallest absolute Gasteiger partial charge is 0.408 e. The van der Waals surface area contributed by atoms with Crippen molar-refractivity contribution in [2.45, 2.75) is 65.5 Å². The van der Waals surface area contributed by atoms with Gasteiger partial charge in [0.2, 0.25) is 0 Å². The zero-order valence-corrected chi connectivity index (χ0v) is 12.5. The highest BCUT2D eigenvalue weighted by atomic mass is 19.3. The molecule has 0 fully saturated rings. The molecule has 0 saturated carbocycles. The maximum Gasteiger partial charge on any atom is 0.408 e. The molecule has 4 nitrogen and oxygen atoms in total. The normalized spacial score (nSPS) is 15.0. The summed E-state index contributed by atoms with van der Waals surface area (Å²) in [6.07, 6.45) is -1.59. The lowest BCUT2D eigenvalue weighted by molar-refractivity contribution is -0.0864. The van der Waals surface area contributed by atoms with E-state index in [0.717, 1.165) is 0 Å². The third kappa shape index (κ3) is 6.71. The molecule has 19 heavy (non-hydrogen) atoms. The van der Waals surface area contributed by atoms with E-state index in [-0.39, 0.29) is 0 Å². The van der Waals surface area contributed by atoms with Gasteiger partial charge in [-0.25, -0.2) is 13.6 Å². The van der Waals surface area contributed by atoms with E-state index in [9.17, 15) is 13.6 Å². The second-order valence-corrected chi connectivity index (χ2v) is 6.68. The van der Waals surface area contributed by atoms with Crippen molar-refractivity contribution in [2.24, 2.45) is 5.41 Å². The standard InChI is InChI=1S/C13H25F2NO3/c1-11(2,3)9(13(14,15)7-8-17)16-10(18)19-12(4,5)6/h9,17H,7-8H2,1-6H3,(H,16,18). The van der Waals surface area contributed by atoms with Crippen molar-refractivity contribution in [1.29, 1.82) is 0 Å². The van der Waals surface area contributed by atoms with E-state index in [1.54, 1.807) is 41.5 Å². The van der Waals surface area contributed by atoms with E-state index in [4.69, 9.17) is 9.84 Å². The van der Waals surface area contributed by atoms with Crippen LogP contribution in [-0.4, -0.2) is 35.4 Å². The van der Waals surface area contributed by atoms with Gasteiger partial charge in [-0.3, -0.25) is 0 Å². The summed E-state index contributed by atoms with van der Waals surface area (Å²) in [5.74, 6) is -3.20. The van der Waals surface area contributed by atoms with E-state index < -0.39 is 42.1 Å². The number of rotatable bonds is 4. The van der Waals surface area contributed by atoms with E-state index >= 15 is 0 Å². The monoisotopic (exact) mass is 281 g/mol. The highest BCUT2D eigenvalue weighted by Crippen LogP contribution is 2.34. The van der Waals surface area contributed by atoms with Crippen LogP contribution in [0.5, 0.6) is 0 Å². The molecule has 0 aromatic rings. The Bertz CT molecular complexity index is 306. The number of nitrogens with one attached hydrogen (secondary N) is 1.